The lowest BCUT2D eigenvalue weighted by Crippen LogP contribution is -2.31. The van der Waals surface area contributed by atoms with E-state index in [9.17, 15) is 9.59 Å². The molecule has 1 atom stereocenters. The van der Waals surface area contributed by atoms with E-state index in [-0.39, 0.29) is 24.5 Å². The van der Waals surface area contributed by atoms with Gasteiger partial charge in [-0.05, 0) is 29.3 Å². The summed E-state index contributed by atoms with van der Waals surface area (Å²) in [5.41, 5.74) is 1.93. The molecular formula is C23H18ClN3O3S. The van der Waals surface area contributed by atoms with Crippen molar-refractivity contribution >= 4 is 35.1 Å². The first kappa shape index (κ1) is 21.0. The Bertz CT molecular complexity index is 1220. The zero-order chi connectivity index (χ0) is 21.8. The Kier molecular flexibility index (Phi) is 6.31. The number of H-pyrrole nitrogens is 1. The zero-order valence-corrected chi connectivity index (χ0v) is 17.9. The summed E-state index contributed by atoms with van der Waals surface area (Å²) in [6.07, 6.45) is 5.37. The Morgan fingerprint density at radius 1 is 1.19 bits per heavy atom. The number of fused-ring (bicyclic) bond motifs is 1. The number of hydrogen-bond acceptors (Lipinski definition) is 5. The summed E-state index contributed by atoms with van der Waals surface area (Å²) >= 11 is 7.55. The quantitative estimate of drug-likeness (QED) is 0.333. The number of ether oxygens (including phenoxy) is 1. The number of halogens is 1. The van der Waals surface area contributed by atoms with Gasteiger partial charge in [0.25, 0.3) is 5.56 Å². The van der Waals surface area contributed by atoms with Crippen molar-refractivity contribution in [3.63, 3.8) is 0 Å². The van der Waals surface area contributed by atoms with Crippen molar-refractivity contribution in [3.8, 4) is 18.1 Å². The minimum Gasteiger partial charge on any atom is -0.481 e. The molecule has 31 heavy (non-hydrogen) atoms. The van der Waals surface area contributed by atoms with Crippen LogP contribution in [0.2, 0.25) is 5.02 Å². The van der Waals surface area contributed by atoms with E-state index in [0.717, 1.165) is 11.1 Å². The highest BCUT2D eigenvalue weighted by atomic mass is 35.5. The third-order valence-corrected chi connectivity index (χ3v) is 6.15. The van der Waals surface area contributed by atoms with Gasteiger partial charge in [0.05, 0.1) is 5.56 Å². The predicted molar refractivity (Wildman–Crippen MR) is 122 cm³/mol. The zero-order valence-electron chi connectivity index (χ0n) is 16.4. The molecule has 1 unspecified atom stereocenters. The van der Waals surface area contributed by atoms with Crippen LogP contribution in [-0.2, 0) is 10.5 Å². The average molecular weight is 452 g/mol. The number of hydrogen-bond donors (Lipinski definition) is 2. The maximum atomic E-state index is 12.9. The van der Waals surface area contributed by atoms with Gasteiger partial charge in [0.1, 0.15) is 18.2 Å². The average Bonchev–Trinajstić information content (AvgIpc) is 2.76. The van der Waals surface area contributed by atoms with Gasteiger partial charge in [-0.15, -0.1) is 6.42 Å². The van der Waals surface area contributed by atoms with E-state index in [0.29, 0.717) is 33.1 Å². The van der Waals surface area contributed by atoms with Crippen LogP contribution in [0.3, 0.4) is 0 Å². The number of amides is 1. The molecule has 0 fully saturated rings. The van der Waals surface area contributed by atoms with E-state index >= 15 is 0 Å². The summed E-state index contributed by atoms with van der Waals surface area (Å²) in [4.78, 5) is 32.6. The first-order valence-corrected chi connectivity index (χ1v) is 10.9. The normalized spacial score (nSPS) is 15.0. The number of terminal acetylenes is 1. The number of aromatic nitrogens is 2. The first-order valence-electron chi connectivity index (χ1n) is 9.51. The van der Waals surface area contributed by atoms with Gasteiger partial charge in [-0.25, -0.2) is 4.98 Å². The highest BCUT2D eigenvalue weighted by molar-refractivity contribution is 7.98. The standard InChI is InChI=1S/C23H18ClN3O3S/c1-2-11-30-16-9-7-14(8-10-16)17-12-19(28)25-21-20(17)22(29)27-23(26-21)31-13-15-5-3-4-6-18(15)24/h1,3-10,17H,11-13H2,(H2,25,26,27,28,29). The molecule has 1 amide bonds. The number of nitrogens with one attached hydrogen (secondary N) is 2. The molecule has 2 heterocycles. The van der Waals surface area contributed by atoms with Crippen LogP contribution < -0.4 is 15.6 Å². The van der Waals surface area contributed by atoms with Crippen molar-refractivity contribution in [2.75, 3.05) is 11.9 Å². The number of rotatable bonds is 6. The molecule has 0 saturated heterocycles. The van der Waals surface area contributed by atoms with Crippen LogP contribution in [0.25, 0.3) is 0 Å². The van der Waals surface area contributed by atoms with Gasteiger partial charge in [0.15, 0.2) is 5.16 Å². The maximum absolute atomic E-state index is 12.9. The van der Waals surface area contributed by atoms with E-state index in [1.165, 1.54) is 11.8 Å². The molecule has 0 bridgehead atoms. The Morgan fingerprint density at radius 2 is 1.97 bits per heavy atom. The van der Waals surface area contributed by atoms with Crippen LogP contribution in [0.15, 0.2) is 58.5 Å². The van der Waals surface area contributed by atoms with Crippen molar-refractivity contribution in [2.45, 2.75) is 23.2 Å². The Hall–Kier alpha value is -3.21. The molecule has 2 N–H and O–H groups in total. The van der Waals surface area contributed by atoms with E-state index in [2.05, 4.69) is 21.2 Å². The second-order valence-corrected chi connectivity index (χ2v) is 8.25. The van der Waals surface area contributed by atoms with E-state index in [1.807, 2.05) is 36.4 Å². The van der Waals surface area contributed by atoms with Gasteiger partial charge in [-0.1, -0.05) is 59.6 Å². The van der Waals surface area contributed by atoms with Gasteiger partial charge < -0.3 is 15.0 Å². The Labute approximate surface area is 188 Å². The number of nitrogens with zero attached hydrogens (tertiary/aromatic N) is 1. The number of carbonyl (C=O) groups is 1. The van der Waals surface area contributed by atoms with Gasteiger partial charge in [0, 0.05) is 23.1 Å². The minimum absolute atomic E-state index is 0.161. The largest absolute Gasteiger partial charge is 0.481 e. The molecule has 4 rings (SSSR count). The van der Waals surface area contributed by atoms with Gasteiger partial charge >= 0.3 is 0 Å². The van der Waals surface area contributed by atoms with Crippen molar-refractivity contribution in [1.82, 2.24) is 9.97 Å². The maximum Gasteiger partial charge on any atom is 0.257 e. The molecule has 0 aliphatic carbocycles. The van der Waals surface area contributed by atoms with Crippen LogP contribution in [0, 0.1) is 12.3 Å². The number of aromatic amines is 1. The van der Waals surface area contributed by atoms with Gasteiger partial charge in [-0.3, -0.25) is 9.59 Å². The third kappa shape index (κ3) is 4.76. The highest BCUT2D eigenvalue weighted by Gasteiger charge is 2.31. The fourth-order valence-corrected chi connectivity index (χ4v) is 4.53. The van der Waals surface area contributed by atoms with Crippen molar-refractivity contribution < 1.29 is 9.53 Å². The molecule has 1 aromatic heterocycles. The first-order chi connectivity index (χ1) is 15.0. The lowest BCUT2D eigenvalue weighted by molar-refractivity contribution is -0.116. The second-order valence-electron chi connectivity index (χ2n) is 6.88. The van der Waals surface area contributed by atoms with E-state index in [4.69, 9.17) is 22.8 Å². The fourth-order valence-electron chi connectivity index (χ4n) is 3.39. The number of carbonyl (C=O) groups excluding carboxylic acids is 1. The Balaban J connectivity index is 1.60. The van der Waals surface area contributed by atoms with Crippen molar-refractivity contribution in [2.24, 2.45) is 0 Å². The molecule has 156 valence electrons. The van der Waals surface area contributed by atoms with Crippen LogP contribution in [-0.4, -0.2) is 22.5 Å². The molecule has 0 spiro atoms. The number of thioether (sulfide) groups is 1. The molecule has 6 nitrogen and oxygen atoms in total. The van der Waals surface area contributed by atoms with Crippen LogP contribution in [0.5, 0.6) is 5.75 Å². The summed E-state index contributed by atoms with van der Waals surface area (Å²) in [6, 6.07) is 14.7. The van der Waals surface area contributed by atoms with Crippen LogP contribution >= 0.6 is 23.4 Å². The summed E-state index contributed by atoms with van der Waals surface area (Å²) < 4.78 is 5.39. The summed E-state index contributed by atoms with van der Waals surface area (Å²) in [5.74, 6) is 3.28. The van der Waals surface area contributed by atoms with Crippen LogP contribution in [0.1, 0.15) is 29.0 Å². The lowest BCUT2D eigenvalue weighted by Gasteiger charge is -2.24. The number of benzene rings is 2. The SMILES string of the molecule is C#CCOc1ccc(C2CC(=O)Nc3nc(SCc4ccccc4Cl)[nH]c(=O)c32)cc1. The predicted octanol–water partition coefficient (Wildman–Crippen LogP) is 4.20. The summed E-state index contributed by atoms with van der Waals surface area (Å²) in [5, 5.41) is 3.80. The lowest BCUT2D eigenvalue weighted by atomic mass is 9.87. The van der Waals surface area contributed by atoms with E-state index in [1.54, 1.807) is 12.1 Å². The highest BCUT2D eigenvalue weighted by Crippen LogP contribution is 2.35. The molecule has 2 aromatic carbocycles. The smallest absolute Gasteiger partial charge is 0.257 e. The summed E-state index contributed by atoms with van der Waals surface area (Å²) in [7, 11) is 0. The minimum atomic E-state index is -0.399. The monoisotopic (exact) mass is 451 g/mol. The van der Waals surface area contributed by atoms with Crippen molar-refractivity contribution in [3.05, 3.63) is 80.6 Å². The molecule has 0 saturated carbocycles. The Morgan fingerprint density at radius 3 is 2.71 bits per heavy atom. The van der Waals surface area contributed by atoms with E-state index < -0.39 is 5.92 Å². The molecular weight excluding hydrogens is 434 g/mol. The van der Waals surface area contributed by atoms with Crippen molar-refractivity contribution in [1.29, 1.82) is 0 Å². The molecule has 8 heteroatoms. The fraction of sp³-hybridized carbons (Fsp3) is 0.174. The van der Waals surface area contributed by atoms with Gasteiger partial charge in [-0.2, -0.15) is 0 Å². The number of anilines is 1. The summed E-state index contributed by atoms with van der Waals surface area (Å²) in [6.45, 7) is 0.173. The molecule has 1 aliphatic rings. The van der Waals surface area contributed by atoms with Crippen LogP contribution in [0.4, 0.5) is 5.82 Å². The van der Waals surface area contributed by atoms with Gasteiger partial charge in [0.2, 0.25) is 5.91 Å². The second kappa shape index (κ2) is 9.29. The molecule has 3 aromatic rings. The third-order valence-electron chi connectivity index (χ3n) is 4.86. The topological polar surface area (TPSA) is 84.1 Å². The molecule has 1 aliphatic heterocycles. The molecule has 0 radical (unpaired) electrons.